The van der Waals surface area contributed by atoms with E-state index in [-0.39, 0.29) is 5.92 Å². The van der Waals surface area contributed by atoms with Gasteiger partial charge in [0.1, 0.15) is 6.23 Å². The van der Waals surface area contributed by atoms with Crippen LogP contribution in [-0.2, 0) is 4.74 Å². The zero-order valence-electron chi connectivity index (χ0n) is 16.6. The molecule has 1 aliphatic carbocycles. The highest BCUT2D eigenvalue weighted by molar-refractivity contribution is 6.34. The zero-order chi connectivity index (χ0) is 20.6. The topological polar surface area (TPSA) is 87.6 Å². The fourth-order valence-corrected chi connectivity index (χ4v) is 3.80. The van der Waals surface area contributed by atoms with E-state index < -0.39 is 12.1 Å². The van der Waals surface area contributed by atoms with Gasteiger partial charge in [-0.3, -0.25) is 4.79 Å². The van der Waals surface area contributed by atoms with E-state index in [0.29, 0.717) is 29.7 Å². The summed E-state index contributed by atoms with van der Waals surface area (Å²) in [6, 6.07) is 6.91. The van der Waals surface area contributed by atoms with Gasteiger partial charge < -0.3 is 20.1 Å². The second kappa shape index (κ2) is 10.5. The van der Waals surface area contributed by atoms with Crippen LogP contribution >= 0.6 is 11.6 Å². The molecule has 1 aromatic heterocycles. The molecule has 8 heteroatoms. The first kappa shape index (κ1) is 21.5. The van der Waals surface area contributed by atoms with Crippen molar-refractivity contribution < 1.29 is 14.6 Å². The summed E-state index contributed by atoms with van der Waals surface area (Å²) in [5, 5.41) is 13.5. The number of amides is 1. The van der Waals surface area contributed by atoms with Gasteiger partial charge >= 0.3 is 0 Å². The van der Waals surface area contributed by atoms with Crippen molar-refractivity contribution in [3.05, 3.63) is 47.2 Å². The highest BCUT2D eigenvalue weighted by Crippen LogP contribution is 2.28. The van der Waals surface area contributed by atoms with Crippen LogP contribution in [0.25, 0.3) is 0 Å². The van der Waals surface area contributed by atoms with E-state index in [2.05, 4.69) is 15.3 Å². The average molecular weight is 419 g/mol. The van der Waals surface area contributed by atoms with Gasteiger partial charge in [-0.1, -0.05) is 30.9 Å². The Labute approximate surface area is 176 Å². The molecular formula is C21H27ClN4O3. The van der Waals surface area contributed by atoms with Gasteiger partial charge in [-0.2, -0.15) is 0 Å². The van der Waals surface area contributed by atoms with Crippen molar-refractivity contribution in [2.24, 2.45) is 5.92 Å². The van der Waals surface area contributed by atoms with E-state index in [1.54, 1.807) is 37.7 Å². The minimum Gasteiger partial charge on any atom is -0.383 e. The van der Waals surface area contributed by atoms with Gasteiger partial charge in [0.05, 0.1) is 17.2 Å². The smallest absolute Gasteiger partial charge is 0.254 e. The Morgan fingerprint density at radius 1 is 1.31 bits per heavy atom. The maximum atomic E-state index is 12.8. The van der Waals surface area contributed by atoms with Crippen LogP contribution in [0, 0.1) is 5.92 Å². The number of hydrogen-bond acceptors (Lipinski definition) is 6. The van der Waals surface area contributed by atoms with E-state index in [1.165, 1.54) is 6.42 Å². The Hall–Kier alpha value is -2.22. The number of carbonyl (C=O) groups is 1. The lowest BCUT2D eigenvalue weighted by molar-refractivity contribution is 0.0463. The molecule has 1 aliphatic rings. The summed E-state index contributed by atoms with van der Waals surface area (Å²) in [6.07, 6.45) is 7.64. The van der Waals surface area contributed by atoms with Gasteiger partial charge in [-0.15, -0.1) is 0 Å². The lowest BCUT2D eigenvalue weighted by Gasteiger charge is -2.27. The number of aromatic nitrogens is 2. The van der Waals surface area contributed by atoms with E-state index in [9.17, 15) is 9.90 Å². The van der Waals surface area contributed by atoms with Gasteiger partial charge in [-0.05, 0) is 37.1 Å². The maximum absolute atomic E-state index is 12.8. The van der Waals surface area contributed by atoms with Crippen LogP contribution in [0.15, 0.2) is 36.7 Å². The van der Waals surface area contributed by atoms with Crippen molar-refractivity contribution in [3.8, 4) is 0 Å². The Kier molecular flexibility index (Phi) is 7.80. The number of halogens is 1. The molecule has 0 bridgehead atoms. The predicted molar refractivity (Wildman–Crippen MR) is 112 cm³/mol. The molecule has 1 heterocycles. The van der Waals surface area contributed by atoms with E-state index in [1.807, 2.05) is 11.0 Å². The minimum absolute atomic E-state index is 0.0885. The number of rotatable bonds is 8. The number of nitrogens with one attached hydrogen (secondary N) is 1. The molecule has 0 spiro atoms. The Bertz CT molecular complexity index is 800. The summed E-state index contributed by atoms with van der Waals surface area (Å²) in [5.74, 6) is 0.196. The summed E-state index contributed by atoms with van der Waals surface area (Å²) < 4.78 is 5.20. The van der Waals surface area contributed by atoms with E-state index in [0.717, 1.165) is 31.4 Å². The predicted octanol–water partition coefficient (Wildman–Crippen LogP) is 3.54. The average Bonchev–Trinajstić information content (AvgIpc) is 2.76. The van der Waals surface area contributed by atoms with Crippen LogP contribution in [0.2, 0.25) is 5.02 Å². The van der Waals surface area contributed by atoms with Crippen LogP contribution in [0.1, 0.15) is 42.5 Å². The second-order valence-electron chi connectivity index (χ2n) is 7.17. The number of ether oxygens (including phenoxy) is 1. The standard InChI is InChI=1S/C21H27ClN4O3/c1-29-13-12-26(21-23-10-5-11-24-21)16-8-9-18(22)17(14-16)20(28)25-19(27)15-6-3-2-4-7-15/h5,8-11,14-15,19,27H,2-4,6-7,12-13H2,1H3,(H,25,28). The summed E-state index contributed by atoms with van der Waals surface area (Å²) in [7, 11) is 1.62. The minimum atomic E-state index is -0.871. The van der Waals surface area contributed by atoms with Crippen LogP contribution in [0.5, 0.6) is 0 Å². The van der Waals surface area contributed by atoms with Crippen molar-refractivity contribution in [1.82, 2.24) is 15.3 Å². The van der Waals surface area contributed by atoms with Crippen LogP contribution in [-0.4, -0.2) is 47.5 Å². The number of hydrogen-bond donors (Lipinski definition) is 2. The number of carbonyl (C=O) groups excluding carboxylic acids is 1. The molecule has 1 saturated carbocycles. The van der Waals surface area contributed by atoms with E-state index in [4.69, 9.17) is 16.3 Å². The first-order valence-corrected chi connectivity index (χ1v) is 10.3. The highest BCUT2D eigenvalue weighted by atomic mass is 35.5. The molecule has 0 aliphatic heterocycles. The van der Waals surface area contributed by atoms with Crippen molar-refractivity contribution >= 4 is 29.1 Å². The SMILES string of the molecule is COCCN(c1ccc(Cl)c(C(=O)NC(O)C2CCCCC2)c1)c1ncccn1. The van der Waals surface area contributed by atoms with Crippen LogP contribution < -0.4 is 10.2 Å². The number of aliphatic hydroxyl groups excluding tert-OH is 1. The summed E-state index contributed by atoms with van der Waals surface area (Å²) >= 11 is 6.30. The number of aliphatic hydroxyl groups is 1. The number of anilines is 2. The second-order valence-corrected chi connectivity index (χ2v) is 7.58. The number of methoxy groups -OCH3 is 1. The quantitative estimate of drug-likeness (QED) is 0.637. The molecule has 29 heavy (non-hydrogen) atoms. The lowest BCUT2D eigenvalue weighted by Crippen LogP contribution is -2.41. The van der Waals surface area contributed by atoms with Crippen LogP contribution in [0.4, 0.5) is 11.6 Å². The highest BCUT2D eigenvalue weighted by Gasteiger charge is 2.25. The fourth-order valence-electron chi connectivity index (χ4n) is 3.59. The molecule has 156 valence electrons. The Morgan fingerprint density at radius 3 is 2.72 bits per heavy atom. The Morgan fingerprint density at radius 2 is 2.03 bits per heavy atom. The van der Waals surface area contributed by atoms with Gasteiger partial charge in [0.15, 0.2) is 0 Å². The third kappa shape index (κ3) is 5.65. The fraction of sp³-hybridized carbons (Fsp3) is 0.476. The summed E-state index contributed by atoms with van der Waals surface area (Å²) in [4.78, 5) is 23.3. The summed E-state index contributed by atoms with van der Waals surface area (Å²) in [5.41, 5.74) is 1.02. The van der Waals surface area contributed by atoms with E-state index >= 15 is 0 Å². The van der Waals surface area contributed by atoms with Crippen molar-refractivity contribution in [2.75, 3.05) is 25.2 Å². The monoisotopic (exact) mass is 418 g/mol. The van der Waals surface area contributed by atoms with Gasteiger partial charge in [0.25, 0.3) is 5.91 Å². The third-order valence-corrected chi connectivity index (χ3v) is 5.52. The molecule has 1 aromatic carbocycles. The number of benzene rings is 1. The first-order valence-electron chi connectivity index (χ1n) is 9.92. The zero-order valence-corrected chi connectivity index (χ0v) is 17.3. The third-order valence-electron chi connectivity index (χ3n) is 5.19. The van der Waals surface area contributed by atoms with Crippen molar-refractivity contribution in [3.63, 3.8) is 0 Å². The molecular weight excluding hydrogens is 392 g/mol. The van der Waals surface area contributed by atoms with Crippen molar-refractivity contribution in [1.29, 1.82) is 0 Å². The molecule has 3 rings (SSSR count). The number of nitrogens with zero attached hydrogens (tertiary/aromatic N) is 3. The van der Waals surface area contributed by atoms with Crippen LogP contribution in [0.3, 0.4) is 0 Å². The maximum Gasteiger partial charge on any atom is 0.254 e. The molecule has 7 nitrogen and oxygen atoms in total. The molecule has 0 radical (unpaired) electrons. The largest absolute Gasteiger partial charge is 0.383 e. The summed E-state index contributed by atoms with van der Waals surface area (Å²) in [6.45, 7) is 0.969. The van der Waals surface area contributed by atoms with Crippen molar-refractivity contribution in [2.45, 2.75) is 38.3 Å². The van der Waals surface area contributed by atoms with Gasteiger partial charge in [-0.25, -0.2) is 9.97 Å². The normalized spacial score (nSPS) is 15.7. The Balaban J connectivity index is 1.80. The molecule has 1 amide bonds. The molecule has 0 saturated heterocycles. The first-order chi connectivity index (χ1) is 14.1. The molecule has 1 fully saturated rings. The molecule has 1 unspecified atom stereocenters. The molecule has 1 atom stereocenters. The van der Waals surface area contributed by atoms with Gasteiger partial charge in [0.2, 0.25) is 5.95 Å². The van der Waals surface area contributed by atoms with Gasteiger partial charge in [0, 0.05) is 37.7 Å². The molecule has 2 aromatic rings. The molecule has 2 N–H and O–H groups in total. The lowest BCUT2D eigenvalue weighted by atomic mass is 9.88.